The van der Waals surface area contributed by atoms with E-state index >= 15 is 0 Å². The molecule has 0 radical (unpaired) electrons. The number of nitrogens with one attached hydrogen (secondary N) is 2. The molecule has 0 spiro atoms. The first-order chi connectivity index (χ1) is 15.5. The van der Waals surface area contributed by atoms with Gasteiger partial charge in [-0.25, -0.2) is 4.79 Å². The summed E-state index contributed by atoms with van der Waals surface area (Å²) in [6.07, 6.45) is 3.23. The fraction of sp³-hybridized carbons (Fsp3) is 0.462. The molecule has 1 heterocycles. The number of amides is 3. The van der Waals surface area contributed by atoms with Crippen LogP contribution in [0.25, 0.3) is 0 Å². The number of anilines is 1. The lowest BCUT2D eigenvalue weighted by molar-refractivity contribution is -0.122. The third kappa shape index (κ3) is 8.00. The van der Waals surface area contributed by atoms with Crippen LogP contribution >= 0.6 is 0 Å². The lowest BCUT2D eigenvalue weighted by Crippen LogP contribution is -2.42. The molecule has 0 aromatic heterocycles. The molecule has 1 fully saturated rings. The number of hydrogen-bond donors (Lipinski definition) is 2. The molecule has 0 atom stereocenters. The number of hydrogen-bond acceptors (Lipinski definition) is 3. The van der Waals surface area contributed by atoms with Crippen molar-refractivity contribution in [2.24, 2.45) is 5.92 Å². The van der Waals surface area contributed by atoms with Crippen molar-refractivity contribution in [3.05, 3.63) is 65.7 Å². The number of likely N-dealkylation sites (tertiary alicyclic amines) is 1. The highest BCUT2D eigenvalue weighted by atomic mass is 16.2. The fourth-order valence-electron chi connectivity index (χ4n) is 4.06. The molecule has 3 amide bonds. The standard InChI is InChI=1S/C26H36N4O2/c1-21-9-11-24(12-10-21)28-26(32)30-17-13-22(14-18-30)19-25(31)27-15-6-16-29(2)20-23-7-4-3-5-8-23/h3-5,7-12,22H,6,13-20H2,1-2H3,(H,27,31)(H,28,32). The highest BCUT2D eigenvalue weighted by Crippen LogP contribution is 2.21. The predicted molar refractivity (Wildman–Crippen MR) is 130 cm³/mol. The molecule has 2 N–H and O–H groups in total. The summed E-state index contributed by atoms with van der Waals surface area (Å²) in [5.74, 6) is 0.470. The van der Waals surface area contributed by atoms with Crippen molar-refractivity contribution < 1.29 is 9.59 Å². The Labute approximate surface area is 192 Å². The van der Waals surface area contributed by atoms with E-state index in [1.165, 1.54) is 11.1 Å². The number of urea groups is 1. The van der Waals surface area contributed by atoms with Crippen molar-refractivity contribution >= 4 is 17.6 Å². The summed E-state index contributed by atoms with van der Waals surface area (Å²) in [7, 11) is 2.11. The Bertz CT molecular complexity index is 846. The summed E-state index contributed by atoms with van der Waals surface area (Å²) < 4.78 is 0. The first-order valence-electron chi connectivity index (χ1n) is 11.6. The summed E-state index contributed by atoms with van der Waals surface area (Å²) in [4.78, 5) is 28.9. The van der Waals surface area contributed by atoms with E-state index in [0.717, 1.165) is 38.0 Å². The van der Waals surface area contributed by atoms with Crippen LogP contribution in [0.4, 0.5) is 10.5 Å². The van der Waals surface area contributed by atoms with Gasteiger partial charge in [-0.15, -0.1) is 0 Å². The molecule has 0 saturated carbocycles. The average Bonchev–Trinajstić information content (AvgIpc) is 2.79. The second kappa shape index (κ2) is 12.2. The lowest BCUT2D eigenvalue weighted by Gasteiger charge is -2.31. The highest BCUT2D eigenvalue weighted by molar-refractivity contribution is 5.89. The molecule has 1 saturated heterocycles. The van der Waals surface area contributed by atoms with Crippen LogP contribution in [0.5, 0.6) is 0 Å². The molecule has 172 valence electrons. The van der Waals surface area contributed by atoms with E-state index in [9.17, 15) is 9.59 Å². The normalized spacial score (nSPS) is 14.4. The van der Waals surface area contributed by atoms with Gasteiger partial charge in [-0.3, -0.25) is 4.79 Å². The van der Waals surface area contributed by atoms with Crippen molar-refractivity contribution in [3.63, 3.8) is 0 Å². The molecular weight excluding hydrogens is 400 g/mol. The Morgan fingerprint density at radius 1 is 1.03 bits per heavy atom. The SMILES string of the molecule is Cc1ccc(NC(=O)N2CCC(CC(=O)NCCCN(C)Cc3ccccc3)CC2)cc1. The van der Waals surface area contributed by atoms with Gasteiger partial charge in [0.15, 0.2) is 0 Å². The summed E-state index contributed by atoms with van der Waals surface area (Å²) in [6, 6.07) is 18.2. The molecule has 32 heavy (non-hydrogen) atoms. The van der Waals surface area contributed by atoms with Gasteiger partial charge in [-0.2, -0.15) is 0 Å². The van der Waals surface area contributed by atoms with Gasteiger partial charge in [-0.1, -0.05) is 48.0 Å². The second-order valence-electron chi connectivity index (χ2n) is 8.86. The van der Waals surface area contributed by atoms with E-state index in [0.29, 0.717) is 32.0 Å². The molecule has 0 bridgehead atoms. The molecule has 6 nitrogen and oxygen atoms in total. The second-order valence-corrected chi connectivity index (χ2v) is 8.86. The maximum absolute atomic E-state index is 12.5. The molecule has 0 aliphatic carbocycles. The van der Waals surface area contributed by atoms with E-state index < -0.39 is 0 Å². The first kappa shape index (κ1) is 23.8. The van der Waals surface area contributed by atoms with Gasteiger partial charge < -0.3 is 20.4 Å². The van der Waals surface area contributed by atoms with Crippen molar-refractivity contribution in [1.82, 2.24) is 15.1 Å². The van der Waals surface area contributed by atoms with Crippen molar-refractivity contribution in [1.29, 1.82) is 0 Å². The Morgan fingerprint density at radius 3 is 2.41 bits per heavy atom. The number of carbonyl (C=O) groups excluding carboxylic acids is 2. The average molecular weight is 437 g/mol. The molecule has 2 aromatic rings. The van der Waals surface area contributed by atoms with Crippen LogP contribution in [0, 0.1) is 12.8 Å². The summed E-state index contributed by atoms with van der Waals surface area (Å²) >= 11 is 0. The Balaban J connectivity index is 1.27. The zero-order chi connectivity index (χ0) is 22.8. The van der Waals surface area contributed by atoms with Gasteiger partial charge in [0.2, 0.25) is 5.91 Å². The number of rotatable bonds is 9. The molecule has 1 aliphatic heterocycles. The molecular formula is C26H36N4O2. The van der Waals surface area contributed by atoms with Gasteiger partial charge >= 0.3 is 6.03 Å². The number of piperidine rings is 1. The number of nitrogens with zero attached hydrogens (tertiary/aromatic N) is 2. The van der Waals surface area contributed by atoms with Crippen LogP contribution in [0.1, 0.15) is 36.8 Å². The minimum Gasteiger partial charge on any atom is -0.356 e. The van der Waals surface area contributed by atoms with E-state index in [2.05, 4.69) is 46.8 Å². The molecule has 3 rings (SSSR count). The smallest absolute Gasteiger partial charge is 0.321 e. The van der Waals surface area contributed by atoms with Crippen LogP contribution in [0.2, 0.25) is 0 Å². The van der Waals surface area contributed by atoms with E-state index in [1.807, 2.05) is 42.2 Å². The number of carbonyl (C=O) groups is 2. The number of benzene rings is 2. The van der Waals surface area contributed by atoms with Gasteiger partial charge in [0.1, 0.15) is 0 Å². The zero-order valence-corrected chi connectivity index (χ0v) is 19.3. The highest BCUT2D eigenvalue weighted by Gasteiger charge is 2.24. The third-order valence-electron chi connectivity index (χ3n) is 6.01. The fourth-order valence-corrected chi connectivity index (χ4v) is 4.06. The monoisotopic (exact) mass is 436 g/mol. The molecule has 2 aromatic carbocycles. The minimum absolute atomic E-state index is 0.0589. The Kier molecular flexibility index (Phi) is 9.11. The maximum atomic E-state index is 12.5. The number of aryl methyl sites for hydroxylation is 1. The van der Waals surface area contributed by atoms with E-state index in [-0.39, 0.29) is 11.9 Å². The summed E-state index contributed by atoms with van der Waals surface area (Å²) in [5.41, 5.74) is 3.29. The maximum Gasteiger partial charge on any atom is 0.321 e. The first-order valence-corrected chi connectivity index (χ1v) is 11.6. The molecule has 1 aliphatic rings. The predicted octanol–water partition coefficient (Wildman–Crippen LogP) is 4.27. The summed E-state index contributed by atoms with van der Waals surface area (Å²) in [6.45, 7) is 5.99. The Hall–Kier alpha value is -2.86. The van der Waals surface area contributed by atoms with Crippen LogP contribution < -0.4 is 10.6 Å². The van der Waals surface area contributed by atoms with Crippen LogP contribution in [0.3, 0.4) is 0 Å². The van der Waals surface area contributed by atoms with E-state index in [4.69, 9.17) is 0 Å². The minimum atomic E-state index is -0.0589. The van der Waals surface area contributed by atoms with Crippen LogP contribution in [0.15, 0.2) is 54.6 Å². The molecule has 6 heteroatoms. The molecule has 0 unspecified atom stereocenters. The quantitative estimate of drug-likeness (QED) is 0.577. The van der Waals surface area contributed by atoms with Crippen molar-refractivity contribution in [2.75, 3.05) is 38.5 Å². The van der Waals surface area contributed by atoms with Gasteiger partial charge in [-0.05, 0) is 63.4 Å². The largest absolute Gasteiger partial charge is 0.356 e. The van der Waals surface area contributed by atoms with Gasteiger partial charge in [0.25, 0.3) is 0 Å². The third-order valence-corrected chi connectivity index (χ3v) is 6.01. The Morgan fingerprint density at radius 2 is 1.72 bits per heavy atom. The van der Waals surface area contributed by atoms with Crippen molar-refractivity contribution in [2.45, 2.75) is 39.2 Å². The van der Waals surface area contributed by atoms with Gasteiger partial charge in [0, 0.05) is 38.3 Å². The van der Waals surface area contributed by atoms with E-state index in [1.54, 1.807) is 0 Å². The van der Waals surface area contributed by atoms with Crippen molar-refractivity contribution in [3.8, 4) is 0 Å². The van der Waals surface area contributed by atoms with Gasteiger partial charge in [0.05, 0.1) is 0 Å². The van der Waals surface area contributed by atoms with Crippen LogP contribution in [-0.2, 0) is 11.3 Å². The lowest BCUT2D eigenvalue weighted by atomic mass is 9.93. The van der Waals surface area contributed by atoms with Crippen LogP contribution in [-0.4, -0.2) is 55.0 Å². The topological polar surface area (TPSA) is 64.7 Å². The zero-order valence-electron chi connectivity index (χ0n) is 19.3. The summed E-state index contributed by atoms with van der Waals surface area (Å²) in [5, 5.41) is 6.02.